The molecule has 2 rings (SSSR count). The lowest BCUT2D eigenvalue weighted by atomic mass is 10.2. The van der Waals surface area contributed by atoms with Crippen LogP contribution in [0.3, 0.4) is 0 Å². The fourth-order valence-corrected chi connectivity index (χ4v) is 5.18. The van der Waals surface area contributed by atoms with Crippen LogP contribution in [0.25, 0.3) is 0 Å². The molecule has 116 valence electrons. The number of rotatable bonds is 5. The normalized spacial score (nSPS) is 16.6. The number of sulfonamides is 1. The Morgan fingerprint density at radius 2 is 1.90 bits per heavy atom. The highest BCUT2D eigenvalue weighted by Gasteiger charge is 2.33. The molecule has 0 aliphatic heterocycles. The van der Waals surface area contributed by atoms with Crippen molar-refractivity contribution < 1.29 is 8.42 Å². The molecule has 0 atom stereocenters. The Morgan fingerprint density at radius 3 is 2.48 bits per heavy atom. The second-order valence-electron chi connectivity index (χ2n) is 5.33. The largest absolute Gasteiger partial charge is 0.245 e. The summed E-state index contributed by atoms with van der Waals surface area (Å²) in [6.07, 6.45) is 5.50. The molecule has 0 unspecified atom stereocenters. The van der Waals surface area contributed by atoms with Crippen LogP contribution < -0.4 is 0 Å². The molecular weight excluding hydrogens is 329 g/mol. The van der Waals surface area contributed by atoms with Gasteiger partial charge in [-0.25, -0.2) is 8.42 Å². The average molecular weight is 348 g/mol. The number of nitrogens with zero attached hydrogens (tertiary/aromatic N) is 1. The lowest BCUT2D eigenvalue weighted by molar-refractivity contribution is 0.347. The molecule has 0 spiro atoms. The molecule has 0 amide bonds. The standard InChI is InChI=1S/C15H19Cl2NO2S/c1-3-8-18(12-6-4-5-7-12)21(19,20)15-9-11(2)13(16)10-14(15)17/h3,9-10,12H,1,4-8H2,2H3. The quantitative estimate of drug-likeness (QED) is 0.739. The second-order valence-corrected chi connectivity index (χ2v) is 8.01. The summed E-state index contributed by atoms with van der Waals surface area (Å²) in [5, 5.41) is 0.632. The van der Waals surface area contributed by atoms with Gasteiger partial charge >= 0.3 is 0 Å². The first-order valence-electron chi connectivity index (χ1n) is 6.96. The van der Waals surface area contributed by atoms with Crippen molar-refractivity contribution in [1.82, 2.24) is 4.31 Å². The molecular formula is C15H19Cl2NO2S. The first-order valence-corrected chi connectivity index (χ1v) is 9.16. The zero-order chi connectivity index (χ0) is 15.6. The summed E-state index contributed by atoms with van der Waals surface area (Å²) in [6, 6.07) is 3.07. The minimum atomic E-state index is -3.65. The first-order chi connectivity index (χ1) is 9.87. The van der Waals surface area contributed by atoms with Crippen molar-refractivity contribution in [2.24, 2.45) is 0 Å². The summed E-state index contributed by atoms with van der Waals surface area (Å²) in [4.78, 5) is 0.125. The number of halogens is 2. The highest BCUT2D eigenvalue weighted by molar-refractivity contribution is 7.89. The fourth-order valence-electron chi connectivity index (χ4n) is 2.72. The Hall–Kier alpha value is -0.550. The monoisotopic (exact) mass is 347 g/mol. The molecule has 0 bridgehead atoms. The third-order valence-electron chi connectivity index (χ3n) is 3.84. The van der Waals surface area contributed by atoms with Gasteiger partial charge in [-0.1, -0.05) is 42.1 Å². The van der Waals surface area contributed by atoms with E-state index in [2.05, 4.69) is 6.58 Å². The van der Waals surface area contributed by atoms with E-state index in [4.69, 9.17) is 23.2 Å². The van der Waals surface area contributed by atoms with E-state index in [1.807, 2.05) is 0 Å². The van der Waals surface area contributed by atoms with Crippen LogP contribution in [0.5, 0.6) is 0 Å². The van der Waals surface area contributed by atoms with E-state index in [0.29, 0.717) is 17.1 Å². The van der Waals surface area contributed by atoms with Gasteiger partial charge in [-0.2, -0.15) is 4.31 Å². The molecule has 0 saturated heterocycles. The van der Waals surface area contributed by atoms with Gasteiger partial charge in [0, 0.05) is 17.6 Å². The van der Waals surface area contributed by atoms with Gasteiger partial charge < -0.3 is 0 Å². The molecule has 1 aromatic rings. The van der Waals surface area contributed by atoms with Crippen molar-refractivity contribution in [1.29, 1.82) is 0 Å². The van der Waals surface area contributed by atoms with Crippen LogP contribution in [0, 0.1) is 6.92 Å². The SMILES string of the molecule is C=CCN(C1CCCC1)S(=O)(=O)c1cc(C)c(Cl)cc1Cl. The molecule has 6 heteroatoms. The molecule has 0 heterocycles. The van der Waals surface area contributed by atoms with Crippen LogP contribution in [0.1, 0.15) is 31.2 Å². The van der Waals surface area contributed by atoms with Gasteiger partial charge in [0.2, 0.25) is 10.0 Å². The number of hydrogen-bond acceptors (Lipinski definition) is 2. The highest BCUT2D eigenvalue weighted by atomic mass is 35.5. The maximum atomic E-state index is 12.9. The van der Waals surface area contributed by atoms with Crippen LogP contribution in [0.15, 0.2) is 29.7 Å². The molecule has 1 aromatic carbocycles. The molecule has 3 nitrogen and oxygen atoms in total. The zero-order valence-electron chi connectivity index (χ0n) is 12.0. The van der Waals surface area contributed by atoms with Gasteiger partial charge in [0.15, 0.2) is 0 Å². The van der Waals surface area contributed by atoms with Gasteiger partial charge in [-0.15, -0.1) is 6.58 Å². The van der Waals surface area contributed by atoms with E-state index in [1.165, 1.54) is 10.4 Å². The zero-order valence-corrected chi connectivity index (χ0v) is 14.3. The minimum absolute atomic E-state index is 0.0278. The van der Waals surface area contributed by atoms with Crippen LogP contribution in [-0.4, -0.2) is 25.3 Å². The highest BCUT2D eigenvalue weighted by Crippen LogP contribution is 2.33. The van der Waals surface area contributed by atoms with Crippen LogP contribution in [-0.2, 0) is 10.0 Å². The van der Waals surface area contributed by atoms with Crippen molar-refractivity contribution >= 4 is 33.2 Å². The lowest BCUT2D eigenvalue weighted by Crippen LogP contribution is -2.39. The van der Waals surface area contributed by atoms with Crippen molar-refractivity contribution in [2.45, 2.75) is 43.5 Å². The third kappa shape index (κ3) is 3.45. The van der Waals surface area contributed by atoms with E-state index in [1.54, 1.807) is 19.1 Å². The number of aryl methyl sites for hydroxylation is 1. The van der Waals surface area contributed by atoms with Gasteiger partial charge in [0.05, 0.1) is 5.02 Å². The van der Waals surface area contributed by atoms with Crippen LogP contribution in [0.2, 0.25) is 10.0 Å². The maximum Gasteiger partial charge on any atom is 0.245 e. The van der Waals surface area contributed by atoms with Gasteiger partial charge in [0.25, 0.3) is 0 Å². The van der Waals surface area contributed by atoms with E-state index >= 15 is 0 Å². The topological polar surface area (TPSA) is 37.4 Å². The fraction of sp³-hybridized carbons (Fsp3) is 0.467. The molecule has 1 aliphatic rings. The molecule has 0 radical (unpaired) electrons. The van der Waals surface area contributed by atoms with E-state index in [9.17, 15) is 8.42 Å². The Balaban J connectivity index is 2.47. The number of benzene rings is 1. The predicted molar refractivity (Wildman–Crippen MR) is 87.5 cm³/mol. The maximum absolute atomic E-state index is 12.9. The van der Waals surface area contributed by atoms with Crippen molar-refractivity contribution in [2.75, 3.05) is 6.54 Å². The summed E-state index contributed by atoms with van der Waals surface area (Å²) >= 11 is 12.1. The predicted octanol–water partition coefficient (Wildman–Crippen LogP) is 4.42. The third-order valence-corrected chi connectivity index (χ3v) is 6.63. The summed E-state index contributed by atoms with van der Waals surface area (Å²) in [5.74, 6) is 0. The molecule has 1 saturated carbocycles. The van der Waals surface area contributed by atoms with Gasteiger partial charge in [-0.3, -0.25) is 0 Å². The summed E-state index contributed by atoms with van der Waals surface area (Å²) < 4.78 is 27.4. The summed E-state index contributed by atoms with van der Waals surface area (Å²) in [7, 11) is -3.65. The minimum Gasteiger partial charge on any atom is -0.207 e. The van der Waals surface area contributed by atoms with Crippen LogP contribution in [0.4, 0.5) is 0 Å². The molecule has 21 heavy (non-hydrogen) atoms. The first kappa shape index (κ1) is 16.8. The Labute approximate surface area is 136 Å². The van der Waals surface area contributed by atoms with E-state index < -0.39 is 10.0 Å². The van der Waals surface area contributed by atoms with Crippen LogP contribution >= 0.6 is 23.2 Å². The Kier molecular flexibility index (Phi) is 5.36. The van der Waals surface area contributed by atoms with Gasteiger partial charge in [0.1, 0.15) is 4.90 Å². The summed E-state index contributed by atoms with van der Waals surface area (Å²) in [5.41, 5.74) is 0.699. The average Bonchev–Trinajstić information content (AvgIpc) is 2.93. The van der Waals surface area contributed by atoms with Crippen molar-refractivity contribution in [3.05, 3.63) is 40.4 Å². The number of hydrogen-bond donors (Lipinski definition) is 0. The molecule has 0 aromatic heterocycles. The lowest BCUT2D eigenvalue weighted by Gasteiger charge is -2.27. The molecule has 0 N–H and O–H groups in total. The molecule has 1 fully saturated rings. The van der Waals surface area contributed by atoms with E-state index in [-0.39, 0.29) is 16.0 Å². The van der Waals surface area contributed by atoms with Gasteiger partial charge in [-0.05, 0) is 37.5 Å². The Bertz CT molecular complexity index is 637. The van der Waals surface area contributed by atoms with Crippen molar-refractivity contribution in [3.63, 3.8) is 0 Å². The van der Waals surface area contributed by atoms with Crippen molar-refractivity contribution in [3.8, 4) is 0 Å². The molecule has 1 aliphatic carbocycles. The Morgan fingerprint density at radius 1 is 1.29 bits per heavy atom. The second kappa shape index (κ2) is 6.69. The summed E-state index contributed by atoms with van der Waals surface area (Å²) in [6.45, 7) is 5.74. The smallest absolute Gasteiger partial charge is 0.207 e. The van der Waals surface area contributed by atoms with E-state index in [0.717, 1.165) is 25.7 Å².